The number of nitrogens with zero attached hydrogens (tertiary/aromatic N) is 4. The predicted octanol–water partition coefficient (Wildman–Crippen LogP) is 1.24. The third-order valence-electron chi connectivity index (χ3n) is 3.57. The molecule has 1 aromatic carbocycles. The van der Waals surface area contributed by atoms with Crippen LogP contribution in [0.3, 0.4) is 0 Å². The van der Waals surface area contributed by atoms with E-state index in [1.165, 1.54) is 6.20 Å². The standard InChI is InChI=1S/C15H17N5O3S/c1-15(2,3)20-12-9(11(19-20)13(16)21)6-5-8-7-17-14(18-10(8)12)24(4,22)23/h5-7H,1-4H3,(H2,16,21). The Balaban J connectivity index is 2.55. The summed E-state index contributed by atoms with van der Waals surface area (Å²) in [6.07, 6.45) is 2.49. The number of aromatic nitrogens is 4. The Morgan fingerprint density at radius 2 is 1.92 bits per heavy atom. The quantitative estimate of drug-likeness (QED) is 0.696. The molecule has 2 heterocycles. The monoisotopic (exact) mass is 347 g/mol. The van der Waals surface area contributed by atoms with Gasteiger partial charge in [0.1, 0.15) is 5.52 Å². The van der Waals surface area contributed by atoms with Crippen LogP contribution in [-0.4, -0.2) is 40.3 Å². The maximum atomic E-state index is 11.8. The predicted molar refractivity (Wildman–Crippen MR) is 89.5 cm³/mol. The van der Waals surface area contributed by atoms with E-state index < -0.39 is 21.3 Å². The molecule has 2 N–H and O–H groups in total. The van der Waals surface area contributed by atoms with Gasteiger partial charge in [0, 0.05) is 23.2 Å². The van der Waals surface area contributed by atoms with Gasteiger partial charge >= 0.3 is 0 Å². The Hall–Kier alpha value is -2.55. The number of benzene rings is 1. The molecule has 0 radical (unpaired) electrons. The first kappa shape index (κ1) is 16.3. The van der Waals surface area contributed by atoms with E-state index in [1.54, 1.807) is 16.8 Å². The van der Waals surface area contributed by atoms with E-state index in [9.17, 15) is 13.2 Å². The number of carbonyl (C=O) groups is 1. The van der Waals surface area contributed by atoms with Crippen molar-refractivity contribution in [3.63, 3.8) is 0 Å². The van der Waals surface area contributed by atoms with Gasteiger partial charge in [0.15, 0.2) is 5.69 Å². The zero-order valence-electron chi connectivity index (χ0n) is 13.7. The number of hydrogen-bond donors (Lipinski definition) is 1. The molecule has 0 unspecified atom stereocenters. The number of nitrogens with two attached hydrogens (primary N) is 1. The van der Waals surface area contributed by atoms with Gasteiger partial charge in [0.2, 0.25) is 15.0 Å². The van der Waals surface area contributed by atoms with Crippen LogP contribution in [0.25, 0.3) is 21.8 Å². The minimum Gasteiger partial charge on any atom is -0.364 e. The molecule has 3 aromatic rings. The first-order valence-electron chi connectivity index (χ1n) is 7.19. The van der Waals surface area contributed by atoms with Gasteiger partial charge in [0.25, 0.3) is 5.91 Å². The third kappa shape index (κ3) is 2.50. The molecule has 3 rings (SSSR count). The van der Waals surface area contributed by atoms with Crippen LogP contribution in [0.15, 0.2) is 23.5 Å². The molecule has 0 fully saturated rings. The van der Waals surface area contributed by atoms with Gasteiger partial charge in [-0.3, -0.25) is 9.48 Å². The number of rotatable bonds is 2. The smallest absolute Gasteiger partial charge is 0.269 e. The van der Waals surface area contributed by atoms with E-state index in [0.717, 1.165) is 6.26 Å². The fourth-order valence-corrected chi connectivity index (χ4v) is 3.02. The number of amides is 1. The minimum absolute atomic E-state index is 0.126. The van der Waals surface area contributed by atoms with Crippen LogP contribution >= 0.6 is 0 Å². The van der Waals surface area contributed by atoms with E-state index in [4.69, 9.17) is 5.73 Å². The SMILES string of the molecule is CC(C)(C)n1nc(C(N)=O)c2ccc3cnc(S(C)(=O)=O)nc3c21. The summed E-state index contributed by atoms with van der Waals surface area (Å²) in [6.45, 7) is 5.76. The van der Waals surface area contributed by atoms with Crippen LogP contribution in [0.2, 0.25) is 0 Å². The molecule has 0 saturated carbocycles. The molecule has 0 aliphatic rings. The van der Waals surface area contributed by atoms with Crippen LogP contribution in [0.4, 0.5) is 0 Å². The molecule has 0 aliphatic carbocycles. The Bertz CT molecular complexity index is 1090. The van der Waals surface area contributed by atoms with Gasteiger partial charge in [-0.05, 0) is 26.8 Å². The van der Waals surface area contributed by atoms with E-state index in [-0.39, 0.29) is 10.9 Å². The molecule has 1 amide bonds. The van der Waals surface area contributed by atoms with Gasteiger partial charge < -0.3 is 5.73 Å². The van der Waals surface area contributed by atoms with Crippen molar-refractivity contribution in [2.75, 3.05) is 6.26 Å². The van der Waals surface area contributed by atoms with Crippen LogP contribution in [0.5, 0.6) is 0 Å². The highest BCUT2D eigenvalue weighted by atomic mass is 32.2. The summed E-state index contributed by atoms with van der Waals surface area (Å²) in [4.78, 5) is 19.8. The largest absolute Gasteiger partial charge is 0.364 e. The van der Waals surface area contributed by atoms with Crippen molar-refractivity contribution in [1.29, 1.82) is 0 Å². The highest BCUT2D eigenvalue weighted by Gasteiger charge is 2.25. The Labute approximate surface area is 138 Å². The molecule has 126 valence electrons. The second-order valence-electron chi connectivity index (χ2n) is 6.62. The van der Waals surface area contributed by atoms with Crippen molar-refractivity contribution in [2.45, 2.75) is 31.5 Å². The number of sulfone groups is 1. The lowest BCUT2D eigenvalue weighted by Crippen LogP contribution is -2.24. The second kappa shape index (κ2) is 4.97. The summed E-state index contributed by atoms with van der Waals surface area (Å²) in [7, 11) is -3.56. The molecule has 24 heavy (non-hydrogen) atoms. The van der Waals surface area contributed by atoms with Crippen molar-refractivity contribution in [3.05, 3.63) is 24.0 Å². The molecular formula is C15H17N5O3S. The van der Waals surface area contributed by atoms with Crippen LogP contribution in [0, 0.1) is 0 Å². The van der Waals surface area contributed by atoms with Crippen molar-refractivity contribution in [2.24, 2.45) is 5.73 Å². The highest BCUT2D eigenvalue weighted by Crippen LogP contribution is 2.30. The maximum Gasteiger partial charge on any atom is 0.269 e. The topological polar surface area (TPSA) is 121 Å². The van der Waals surface area contributed by atoms with Gasteiger partial charge in [-0.2, -0.15) is 5.10 Å². The van der Waals surface area contributed by atoms with Gasteiger partial charge in [0.05, 0.1) is 11.1 Å². The van der Waals surface area contributed by atoms with Crippen LogP contribution in [0.1, 0.15) is 31.3 Å². The van der Waals surface area contributed by atoms with Gasteiger partial charge in [-0.15, -0.1) is 0 Å². The van der Waals surface area contributed by atoms with Crippen molar-refractivity contribution in [1.82, 2.24) is 19.7 Å². The van der Waals surface area contributed by atoms with Gasteiger partial charge in [-0.25, -0.2) is 18.4 Å². The molecule has 2 aromatic heterocycles. The fraction of sp³-hybridized carbons (Fsp3) is 0.333. The van der Waals surface area contributed by atoms with E-state index in [2.05, 4.69) is 15.1 Å². The molecule has 8 nitrogen and oxygen atoms in total. The first-order valence-corrected chi connectivity index (χ1v) is 9.08. The van der Waals surface area contributed by atoms with E-state index in [1.807, 2.05) is 20.8 Å². The average Bonchev–Trinajstić information content (AvgIpc) is 2.85. The summed E-state index contributed by atoms with van der Waals surface area (Å²) in [5.41, 5.74) is 6.07. The normalized spacial score (nSPS) is 12.8. The Morgan fingerprint density at radius 1 is 1.25 bits per heavy atom. The molecule has 9 heteroatoms. The van der Waals surface area contributed by atoms with E-state index >= 15 is 0 Å². The first-order chi connectivity index (χ1) is 11.0. The van der Waals surface area contributed by atoms with Gasteiger partial charge in [-0.1, -0.05) is 6.07 Å². The Morgan fingerprint density at radius 3 is 2.46 bits per heavy atom. The lowest BCUT2D eigenvalue weighted by atomic mass is 10.1. The molecule has 0 aliphatic heterocycles. The summed E-state index contributed by atoms with van der Waals surface area (Å²) >= 11 is 0. The van der Waals surface area contributed by atoms with E-state index in [0.29, 0.717) is 21.8 Å². The van der Waals surface area contributed by atoms with Crippen LogP contribution < -0.4 is 5.73 Å². The number of hydrogen-bond acceptors (Lipinski definition) is 6. The minimum atomic E-state index is -3.56. The summed E-state index contributed by atoms with van der Waals surface area (Å²) < 4.78 is 25.2. The van der Waals surface area contributed by atoms with Crippen molar-refractivity contribution >= 4 is 37.6 Å². The average molecular weight is 347 g/mol. The summed E-state index contributed by atoms with van der Waals surface area (Å²) in [5, 5.41) is 5.24. The van der Waals surface area contributed by atoms with Crippen molar-refractivity contribution < 1.29 is 13.2 Å². The van der Waals surface area contributed by atoms with Crippen LogP contribution in [-0.2, 0) is 15.4 Å². The number of fused-ring (bicyclic) bond motifs is 3. The molecule has 0 spiro atoms. The Kier molecular flexibility index (Phi) is 3.38. The summed E-state index contributed by atoms with van der Waals surface area (Å²) in [6, 6.07) is 3.43. The third-order valence-corrected chi connectivity index (χ3v) is 4.43. The summed E-state index contributed by atoms with van der Waals surface area (Å²) in [5.74, 6) is -0.653. The number of primary amides is 1. The zero-order valence-corrected chi connectivity index (χ0v) is 14.5. The maximum absolute atomic E-state index is 11.8. The molecule has 0 bridgehead atoms. The fourth-order valence-electron chi connectivity index (χ4n) is 2.52. The second-order valence-corrected chi connectivity index (χ2v) is 8.53. The lowest BCUT2D eigenvalue weighted by Gasteiger charge is -2.21. The molecule has 0 atom stereocenters. The molecular weight excluding hydrogens is 330 g/mol. The highest BCUT2D eigenvalue weighted by molar-refractivity contribution is 7.90. The molecule has 0 saturated heterocycles. The number of carbonyl (C=O) groups excluding carboxylic acids is 1. The zero-order chi connectivity index (χ0) is 17.9. The van der Waals surface area contributed by atoms with Crippen molar-refractivity contribution in [3.8, 4) is 0 Å². The lowest BCUT2D eigenvalue weighted by molar-refractivity contribution is 0.0995.